The van der Waals surface area contributed by atoms with Crippen LogP contribution in [0.3, 0.4) is 0 Å². The van der Waals surface area contributed by atoms with Gasteiger partial charge in [0, 0.05) is 31.6 Å². The van der Waals surface area contributed by atoms with E-state index < -0.39 is 0 Å². The van der Waals surface area contributed by atoms with E-state index in [4.69, 9.17) is 9.26 Å². The summed E-state index contributed by atoms with van der Waals surface area (Å²) in [5.41, 5.74) is 3.37. The van der Waals surface area contributed by atoms with Crippen LogP contribution in [0, 0.1) is 0 Å². The fraction of sp³-hybridized carbons (Fsp3) is 0.333. The monoisotopic (exact) mass is 431 g/mol. The molecule has 2 aromatic heterocycles. The van der Waals surface area contributed by atoms with Gasteiger partial charge in [-0.05, 0) is 49.6 Å². The first-order valence-corrected chi connectivity index (χ1v) is 10.9. The minimum atomic E-state index is 0.221. The molecule has 1 saturated heterocycles. The molecular weight excluding hydrogens is 406 g/mol. The Morgan fingerprint density at radius 3 is 2.81 bits per heavy atom. The van der Waals surface area contributed by atoms with Crippen LogP contribution in [0.2, 0.25) is 0 Å². The van der Waals surface area contributed by atoms with E-state index in [0.717, 1.165) is 48.1 Å². The summed E-state index contributed by atoms with van der Waals surface area (Å²) < 4.78 is 12.9. The number of methoxy groups -OCH3 is 1. The van der Waals surface area contributed by atoms with Gasteiger partial charge in [0.2, 0.25) is 11.7 Å². The molecule has 1 aliphatic rings. The summed E-state index contributed by atoms with van der Waals surface area (Å²) in [6.45, 7) is 2.38. The lowest BCUT2D eigenvalue weighted by Gasteiger charge is -2.26. The number of hydrogen-bond acceptors (Lipinski definition) is 6. The summed E-state index contributed by atoms with van der Waals surface area (Å²) in [7, 11) is 1.61. The topological polar surface area (TPSA) is 86.3 Å². The number of fused-ring (bicyclic) bond motifs is 1. The first kappa shape index (κ1) is 20.2. The molecular formula is C24H25N5O3. The van der Waals surface area contributed by atoms with Crippen molar-refractivity contribution in [3.63, 3.8) is 0 Å². The zero-order chi connectivity index (χ0) is 21.9. The number of carbonyl (C=O) groups is 1. The number of carbonyl (C=O) groups excluding carboxylic acids is 1. The van der Waals surface area contributed by atoms with Crippen LogP contribution < -0.4 is 4.74 Å². The van der Waals surface area contributed by atoms with Gasteiger partial charge in [0.05, 0.1) is 30.0 Å². The van der Waals surface area contributed by atoms with E-state index in [-0.39, 0.29) is 5.91 Å². The van der Waals surface area contributed by atoms with Crippen molar-refractivity contribution in [2.75, 3.05) is 20.2 Å². The molecule has 5 rings (SSSR count). The third-order valence-corrected chi connectivity index (χ3v) is 5.92. The van der Waals surface area contributed by atoms with E-state index >= 15 is 0 Å². The van der Waals surface area contributed by atoms with Gasteiger partial charge in [0.1, 0.15) is 5.75 Å². The number of ether oxygens (including phenoxy) is 1. The molecule has 0 bridgehead atoms. The lowest BCUT2D eigenvalue weighted by atomic mass is 10.1. The molecule has 0 saturated carbocycles. The minimum absolute atomic E-state index is 0.221. The molecule has 0 N–H and O–H groups in total. The SMILES string of the molecule is COc1ccccc1-c1nc(-c2ccc3c(c2)ncn3CCC(=O)N2CCCCC2)no1. The van der Waals surface area contributed by atoms with Crippen molar-refractivity contribution in [2.24, 2.45) is 0 Å². The highest BCUT2D eigenvalue weighted by Gasteiger charge is 2.18. The van der Waals surface area contributed by atoms with Gasteiger partial charge >= 0.3 is 0 Å². The van der Waals surface area contributed by atoms with Crippen molar-refractivity contribution in [3.8, 4) is 28.6 Å². The maximum absolute atomic E-state index is 12.5. The molecule has 0 spiro atoms. The van der Waals surface area contributed by atoms with Crippen LogP contribution in [0.1, 0.15) is 25.7 Å². The molecule has 4 aromatic rings. The van der Waals surface area contributed by atoms with Crippen LogP contribution in [-0.4, -0.2) is 50.7 Å². The van der Waals surface area contributed by atoms with Gasteiger partial charge in [-0.1, -0.05) is 17.3 Å². The highest BCUT2D eigenvalue weighted by atomic mass is 16.5. The van der Waals surface area contributed by atoms with Crippen LogP contribution in [0.25, 0.3) is 33.9 Å². The van der Waals surface area contributed by atoms with Crippen LogP contribution in [0.5, 0.6) is 5.75 Å². The number of imidazole rings is 1. The smallest absolute Gasteiger partial charge is 0.262 e. The molecule has 2 aromatic carbocycles. The Labute approximate surface area is 185 Å². The molecule has 8 heteroatoms. The molecule has 3 heterocycles. The Kier molecular flexibility index (Phi) is 5.58. The number of piperidine rings is 1. The summed E-state index contributed by atoms with van der Waals surface area (Å²) in [6.07, 6.45) is 5.71. The number of aromatic nitrogens is 4. The first-order chi connectivity index (χ1) is 15.7. The predicted molar refractivity (Wildman–Crippen MR) is 120 cm³/mol. The number of rotatable bonds is 6. The van der Waals surface area contributed by atoms with Gasteiger partial charge < -0.3 is 18.7 Å². The standard InChI is InChI=1S/C24H25N5O3/c1-31-21-8-4-3-7-18(21)24-26-23(27-32-24)17-9-10-20-19(15-17)25-16-29(20)14-11-22(30)28-12-5-2-6-13-28/h3-4,7-10,15-16H,2,5-6,11-14H2,1H3. The molecule has 0 unspecified atom stereocenters. The zero-order valence-corrected chi connectivity index (χ0v) is 18.0. The van der Waals surface area contributed by atoms with Gasteiger partial charge in [-0.25, -0.2) is 4.98 Å². The maximum Gasteiger partial charge on any atom is 0.262 e. The van der Waals surface area contributed by atoms with Crippen LogP contribution in [0.15, 0.2) is 53.3 Å². The van der Waals surface area contributed by atoms with E-state index in [1.165, 1.54) is 6.42 Å². The third-order valence-electron chi connectivity index (χ3n) is 5.92. The average Bonchev–Trinajstić information content (AvgIpc) is 3.50. The Morgan fingerprint density at radius 2 is 1.97 bits per heavy atom. The number of nitrogens with zero attached hydrogens (tertiary/aromatic N) is 5. The van der Waals surface area contributed by atoms with Crippen molar-refractivity contribution >= 4 is 16.9 Å². The molecule has 0 atom stereocenters. The first-order valence-electron chi connectivity index (χ1n) is 10.9. The molecule has 32 heavy (non-hydrogen) atoms. The molecule has 0 radical (unpaired) electrons. The van der Waals surface area contributed by atoms with Gasteiger partial charge in [-0.3, -0.25) is 4.79 Å². The van der Waals surface area contributed by atoms with E-state index in [0.29, 0.717) is 30.4 Å². The Balaban J connectivity index is 1.33. The van der Waals surface area contributed by atoms with Crippen LogP contribution in [0.4, 0.5) is 0 Å². The zero-order valence-electron chi connectivity index (χ0n) is 18.0. The Bertz CT molecular complexity index is 1240. The van der Waals surface area contributed by atoms with Crippen molar-refractivity contribution in [1.29, 1.82) is 0 Å². The summed E-state index contributed by atoms with van der Waals surface area (Å²) >= 11 is 0. The maximum atomic E-state index is 12.5. The van der Waals surface area contributed by atoms with E-state index in [1.807, 2.05) is 51.9 Å². The summed E-state index contributed by atoms with van der Waals surface area (Å²) in [6, 6.07) is 13.4. The fourth-order valence-electron chi connectivity index (χ4n) is 4.17. The normalized spacial score (nSPS) is 14.1. The van der Waals surface area contributed by atoms with Gasteiger partial charge in [0.15, 0.2) is 0 Å². The Hall–Kier alpha value is -3.68. The van der Waals surface area contributed by atoms with E-state index in [9.17, 15) is 4.79 Å². The second-order valence-corrected chi connectivity index (χ2v) is 7.96. The molecule has 1 amide bonds. The number of likely N-dealkylation sites (tertiary alicyclic amines) is 1. The van der Waals surface area contributed by atoms with Crippen LogP contribution in [-0.2, 0) is 11.3 Å². The summed E-state index contributed by atoms with van der Waals surface area (Å²) in [5.74, 6) is 1.79. The van der Waals surface area contributed by atoms with Gasteiger partial charge in [-0.15, -0.1) is 0 Å². The molecule has 164 valence electrons. The largest absolute Gasteiger partial charge is 0.496 e. The molecule has 8 nitrogen and oxygen atoms in total. The highest BCUT2D eigenvalue weighted by molar-refractivity contribution is 5.81. The number of benzene rings is 2. The number of para-hydroxylation sites is 1. The fourth-order valence-corrected chi connectivity index (χ4v) is 4.17. The number of amides is 1. The molecule has 0 aliphatic carbocycles. The highest BCUT2D eigenvalue weighted by Crippen LogP contribution is 2.30. The van der Waals surface area contributed by atoms with Crippen molar-refractivity contribution in [1.82, 2.24) is 24.6 Å². The second kappa shape index (κ2) is 8.82. The average molecular weight is 431 g/mol. The minimum Gasteiger partial charge on any atom is -0.496 e. The summed E-state index contributed by atoms with van der Waals surface area (Å²) in [4.78, 5) is 23.5. The Morgan fingerprint density at radius 1 is 1.12 bits per heavy atom. The molecule has 1 aliphatic heterocycles. The van der Waals surface area contributed by atoms with Gasteiger partial charge in [0.25, 0.3) is 5.89 Å². The summed E-state index contributed by atoms with van der Waals surface area (Å²) in [5, 5.41) is 4.14. The quantitative estimate of drug-likeness (QED) is 0.456. The predicted octanol–water partition coefficient (Wildman–Crippen LogP) is 4.16. The lowest BCUT2D eigenvalue weighted by molar-refractivity contribution is -0.132. The second-order valence-electron chi connectivity index (χ2n) is 7.96. The van der Waals surface area contributed by atoms with E-state index in [1.54, 1.807) is 13.4 Å². The van der Waals surface area contributed by atoms with Crippen LogP contribution >= 0.6 is 0 Å². The van der Waals surface area contributed by atoms with Crippen molar-refractivity contribution < 1.29 is 14.1 Å². The van der Waals surface area contributed by atoms with Crippen molar-refractivity contribution in [3.05, 3.63) is 48.8 Å². The molecule has 1 fully saturated rings. The van der Waals surface area contributed by atoms with Crippen molar-refractivity contribution in [2.45, 2.75) is 32.2 Å². The number of hydrogen-bond donors (Lipinski definition) is 0. The van der Waals surface area contributed by atoms with Gasteiger partial charge in [-0.2, -0.15) is 4.98 Å². The lowest BCUT2D eigenvalue weighted by Crippen LogP contribution is -2.35. The number of aryl methyl sites for hydroxylation is 1. The van der Waals surface area contributed by atoms with E-state index in [2.05, 4.69) is 15.1 Å². The third kappa shape index (κ3) is 3.95.